The van der Waals surface area contributed by atoms with E-state index < -0.39 is 0 Å². The van der Waals surface area contributed by atoms with Crippen molar-refractivity contribution >= 4 is 23.7 Å². The summed E-state index contributed by atoms with van der Waals surface area (Å²) in [6.07, 6.45) is 9.16. The van der Waals surface area contributed by atoms with Crippen molar-refractivity contribution < 1.29 is 9.59 Å². The van der Waals surface area contributed by atoms with Gasteiger partial charge in [-0.05, 0) is 46.5 Å². The molecular weight excluding hydrogens is 348 g/mol. The first kappa shape index (κ1) is 19.3. The van der Waals surface area contributed by atoms with E-state index in [1.54, 1.807) is 0 Å². The molecule has 0 aromatic carbocycles. The monoisotopic (exact) mass is 378 g/mol. The average molecular weight is 379 g/mol. The highest BCUT2D eigenvalue weighted by molar-refractivity contribution is 8.00. The second-order valence-electron chi connectivity index (χ2n) is 7.58. The Bertz CT molecular complexity index is 661. The molecule has 0 aliphatic heterocycles. The molecule has 2 saturated carbocycles. The molecule has 1 aromatic heterocycles. The highest BCUT2D eigenvalue weighted by atomic mass is 32.2. The van der Waals surface area contributed by atoms with Gasteiger partial charge in [0.2, 0.25) is 5.91 Å². The van der Waals surface area contributed by atoms with Crippen LogP contribution < -0.4 is 10.6 Å². The van der Waals surface area contributed by atoms with Crippen LogP contribution in [0.5, 0.6) is 0 Å². The molecule has 3 rings (SSSR count). The fraction of sp³-hybridized carbons (Fsp3) is 0.737. The molecule has 2 N–H and O–H groups in total. The van der Waals surface area contributed by atoms with Gasteiger partial charge in [-0.2, -0.15) is 0 Å². The molecule has 0 spiro atoms. The Kier molecular flexibility index (Phi) is 6.27. The van der Waals surface area contributed by atoms with Gasteiger partial charge in [-0.25, -0.2) is 9.78 Å². The maximum absolute atomic E-state index is 12.4. The van der Waals surface area contributed by atoms with Crippen molar-refractivity contribution in [2.24, 2.45) is 0 Å². The number of aromatic nitrogens is 2. The lowest BCUT2D eigenvalue weighted by Gasteiger charge is -2.19. The fourth-order valence-corrected chi connectivity index (χ4v) is 5.06. The summed E-state index contributed by atoms with van der Waals surface area (Å²) in [4.78, 5) is 29.1. The van der Waals surface area contributed by atoms with Gasteiger partial charge >= 0.3 is 6.03 Å². The van der Waals surface area contributed by atoms with Crippen molar-refractivity contribution in [3.05, 3.63) is 11.4 Å². The van der Waals surface area contributed by atoms with Gasteiger partial charge in [0.25, 0.3) is 0 Å². The largest absolute Gasteiger partial charge is 0.335 e. The van der Waals surface area contributed by atoms with E-state index in [1.165, 1.54) is 43.1 Å². The number of hydrogen-bond donors (Lipinski definition) is 2. The van der Waals surface area contributed by atoms with Gasteiger partial charge in [0, 0.05) is 17.8 Å². The summed E-state index contributed by atoms with van der Waals surface area (Å²) in [7, 11) is 0. The molecule has 1 atom stereocenters. The predicted octanol–water partition coefficient (Wildman–Crippen LogP) is 3.86. The molecule has 1 aromatic rings. The lowest BCUT2D eigenvalue weighted by molar-refractivity contribution is -0.119. The number of carbonyl (C=O) groups is 2. The van der Waals surface area contributed by atoms with Crippen molar-refractivity contribution in [1.82, 2.24) is 20.2 Å². The molecular formula is C19H30N4O2S. The molecule has 0 bridgehead atoms. The van der Waals surface area contributed by atoms with E-state index >= 15 is 0 Å². The van der Waals surface area contributed by atoms with E-state index in [4.69, 9.17) is 0 Å². The SMILES string of the molecule is Cc1nc(SC(C)C(=O)NC(=O)NC2CCCC2)n(C2CCCC2)c1C. The number of imide groups is 1. The van der Waals surface area contributed by atoms with Crippen LogP contribution in [-0.2, 0) is 4.79 Å². The van der Waals surface area contributed by atoms with Gasteiger partial charge in [-0.15, -0.1) is 0 Å². The number of carbonyl (C=O) groups excluding carboxylic acids is 2. The zero-order chi connectivity index (χ0) is 18.7. The van der Waals surface area contributed by atoms with E-state index in [1.807, 2.05) is 13.8 Å². The van der Waals surface area contributed by atoms with Crippen molar-refractivity contribution in [3.63, 3.8) is 0 Å². The number of nitrogens with zero attached hydrogens (tertiary/aromatic N) is 2. The Morgan fingerprint density at radius 3 is 2.38 bits per heavy atom. The van der Waals surface area contributed by atoms with E-state index in [9.17, 15) is 9.59 Å². The van der Waals surface area contributed by atoms with Crippen molar-refractivity contribution in [1.29, 1.82) is 0 Å². The van der Waals surface area contributed by atoms with Crippen LogP contribution in [0, 0.1) is 13.8 Å². The second-order valence-corrected chi connectivity index (χ2v) is 8.89. The van der Waals surface area contributed by atoms with Crippen LogP contribution in [0.15, 0.2) is 5.16 Å². The zero-order valence-electron chi connectivity index (χ0n) is 16.0. The van der Waals surface area contributed by atoms with Gasteiger partial charge in [0.15, 0.2) is 5.16 Å². The standard InChI is InChI=1S/C19H30N4O2S/c1-12-13(2)23(16-10-6-7-11-16)19(20-12)26-14(3)17(24)22-18(25)21-15-8-4-5-9-15/h14-16H,4-11H2,1-3H3,(H2,21,22,24,25). The van der Waals surface area contributed by atoms with E-state index in [2.05, 4.69) is 27.1 Å². The van der Waals surface area contributed by atoms with Gasteiger partial charge < -0.3 is 9.88 Å². The lowest BCUT2D eigenvalue weighted by Crippen LogP contribution is -2.46. The van der Waals surface area contributed by atoms with Gasteiger partial charge in [0.05, 0.1) is 10.9 Å². The molecule has 2 fully saturated rings. The number of thioether (sulfide) groups is 1. The number of imidazole rings is 1. The Morgan fingerprint density at radius 2 is 1.73 bits per heavy atom. The van der Waals surface area contributed by atoms with E-state index in [0.717, 1.165) is 36.5 Å². The van der Waals surface area contributed by atoms with E-state index in [-0.39, 0.29) is 23.2 Å². The average Bonchev–Trinajstić information content (AvgIpc) is 3.31. The number of hydrogen-bond acceptors (Lipinski definition) is 4. The Balaban J connectivity index is 1.60. The van der Waals surface area contributed by atoms with Crippen molar-refractivity contribution in [2.45, 2.75) is 94.6 Å². The Hall–Kier alpha value is -1.50. The maximum atomic E-state index is 12.4. The first-order chi connectivity index (χ1) is 12.5. The van der Waals surface area contributed by atoms with Crippen LogP contribution in [0.1, 0.15) is 75.7 Å². The summed E-state index contributed by atoms with van der Waals surface area (Å²) < 4.78 is 2.30. The number of aryl methyl sites for hydroxylation is 1. The minimum atomic E-state index is -0.374. The van der Waals surface area contributed by atoms with Gasteiger partial charge in [0.1, 0.15) is 0 Å². The quantitative estimate of drug-likeness (QED) is 0.763. The number of amides is 3. The van der Waals surface area contributed by atoms with Crippen LogP contribution in [-0.4, -0.2) is 32.8 Å². The highest BCUT2D eigenvalue weighted by Crippen LogP contribution is 2.36. The molecule has 144 valence electrons. The molecule has 7 heteroatoms. The molecule has 0 saturated heterocycles. The number of nitrogens with one attached hydrogen (secondary N) is 2. The van der Waals surface area contributed by atoms with E-state index in [0.29, 0.717) is 6.04 Å². The zero-order valence-corrected chi connectivity index (χ0v) is 16.8. The number of urea groups is 1. The highest BCUT2D eigenvalue weighted by Gasteiger charge is 2.26. The third-order valence-corrected chi connectivity index (χ3v) is 6.69. The molecule has 1 heterocycles. The summed E-state index contributed by atoms with van der Waals surface area (Å²) in [5, 5.41) is 5.91. The minimum absolute atomic E-state index is 0.206. The molecule has 6 nitrogen and oxygen atoms in total. The van der Waals surface area contributed by atoms with Gasteiger partial charge in [-0.1, -0.05) is 37.4 Å². The minimum Gasteiger partial charge on any atom is -0.335 e. The van der Waals surface area contributed by atoms with Crippen molar-refractivity contribution in [2.75, 3.05) is 0 Å². The molecule has 3 amide bonds. The first-order valence-corrected chi connectivity index (χ1v) is 10.7. The summed E-state index contributed by atoms with van der Waals surface area (Å²) >= 11 is 1.44. The molecule has 26 heavy (non-hydrogen) atoms. The molecule has 1 unspecified atom stereocenters. The van der Waals surface area contributed by atoms with Crippen LogP contribution in [0.2, 0.25) is 0 Å². The summed E-state index contributed by atoms with van der Waals surface area (Å²) in [6, 6.07) is 0.317. The Labute approximate surface area is 159 Å². The normalized spacial score (nSPS) is 19.7. The third-order valence-electron chi connectivity index (χ3n) is 5.62. The van der Waals surface area contributed by atoms with Crippen LogP contribution in [0.3, 0.4) is 0 Å². The predicted molar refractivity (Wildman–Crippen MR) is 103 cm³/mol. The molecule has 2 aliphatic rings. The Morgan fingerprint density at radius 1 is 1.12 bits per heavy atom. The smallest absolute Gasteiger partial charge is 0.321 e. The second kappa shape index (κ2) is 8.46. The molecule has 2 aliphatic carbocycles. The summed E-state index contributed by atoms with van der Waals surface area (Å²) in [5.41, 5.74) is 2.21. The summed E-state index contributed by atoms with van der Waals surface area (Å²) in [5.74, 6) is -0.262. The van der Waals surface area contributed by atoms with Gasteiger partial charge in [-0.3, -0.25) is 10.1 Å². The first-order valence-electron chi connectivity index (χ1n) is 9.79. The van der Waals surface area contributed by atoms with Crippen LogP contribution in [0.25, 0.3) is 0 Å². The molecule has 0 radical (unpaired) electrons. The topological polar surface area (TPSA) is 76.0 Å². The summed E-state index contributed by atoms with van der Waals surface area (Å²) in [6.45, 7) is 5.95. The number of rotatable bonds is 5. The maximum Gasteiger partial charge on any atom is 0.321 e. The van der Waals surface area contributed by atoms with Crippen molar-refractivity contribution in [3.8, 4) is 0 Å². The lowest BCUT2D eigenvalue weighted by atomic mass is 10.2. The van der Waals surface area contributed by atoms with Crippen LogP contribution in [0.4, 0.5) is 4.79 Å². The third kappa shape index (κ3) is 4.42. The van der Waals surface area contributed by atoms with Crippen LogP contribution >= 0.6 is 11.8 Å². The fourth-order valence-electron chi connectivity index (χ4n) is 3.99.